The highest BCUT2D eigenvalue weighted by atomic mass is 16.3. The van der Waals surface area contributed by atoms with E-state index in [9.17, 15) is 20.0 Å². The molecule has 6 aliphatic rings. The molecule has 4 aliphatic carbocycles. The lowest BCUT2D eigenvalue weighted by atomic mass is 9.48. The van der Waals surface area contributed by atoms with Gasteiger partial charge in [-0.1, -0.05) is 30.3 Å². The van der Waals surface area contributed by atoms with Gasteiger partial charge in [0.25, 0.3) is 0 Å². The van der Waals surface area contributed by atoms with Gasteiger partial charge in [0.05, 0.1) is 23.0 Å². The summed E-state index contributed by atoms with van der Waals surface area (Å²) in [5.74, 6) is 1.30. The van der Waals surface area contributed by atoms with Crippen molar-refractivity contribution < 1.29 is 14.7 Å². The van der Waals surface area contributed by atoms with Crippen LogP contribution in [0.1, 0.15) is 63.4 Å². The molecule has 4 bridgehead atoms. The maximum atomic E-state index is 13.6. The number of nitriles is 1. The van der Waals surface area contributed by atoms with Gasteiger partial charge in [-0.2, -0.15) is 5.26 Å². The molecule has 2 aliphatic heterocycles. The Kier molecular flexibility index (Phi) is 5.99. The number of hydrogen-bond acceptors (Lipinski definition) is 4. The monoisotopic (exact) mass is 490 g/mol. The summed E-state index contributed by atoms with van der Waals surface area (Å²) in [6.45, 7) is 2.42. The van der Waals surface area contributed by atoms with Crippen LogP contribution in [-0.4, -0.2) is 65.2 Å². The van der Waals surface area contributed by atoms with E-state index in [-0.39, 0.29) is 41.3 Å². The minimum atomic E-state index is -0.526. The lowest BCUT2D eigenvalue weighted by molar-refractivity contribution is -0.163. The number of carbonyl (C=O) groups is 2. The van der Waals surface area contributed by atoms with E-state index in [0.717, 1.165) is 50.5 Å². The number of rotatable bonds is 3. The van der Waals surface area contributed by atoms with Crippen molar-refractivity contribution in [3.05, 3.63) is 35.9 Å². The number of piperidine rings is 2. The van der Waals surface area contributed by atoms with E-state index >= 15 is 0 Å². The first-order chi connectivity index (χ1) is 17.4. The van der Waals surface area contributed by atoms with E-state index in [1.54, 1.807) is 0 Å². The smallest absolute Gasteiger partial charge is 0.320 e. The van der Waals surface area contributed by atoms with Crippen LogP contribution in [0.3, 0.4) is 0 Å². The molecule has 4 saturated carbocycles. The van der Waals surface area contributed by atoms with Gasteiger partial charge >= 0.3 is 6.03 Å². The molecule has 0 radical (unpaired) electrons. The Bertz CT molecular complexity index is 1030. The Balaban J connectivity index is 1.06. The van der Waals surface area contributed by atoms with Crippen molar-refractivity contribution in [3.63, 3.8) is 0 Å². The maximum absolute atomic E-state index is 13.6. The predicted octanol–water partition coefficient (Wildman–Crippen LogP) is 3.43. The molecule has 0 spiro atoms. The number of carbonyl (C=O) groups excluding carboxylic acids is 2. The molecule has 2 heterocycles. The van der Waals surface area contributed by atoms with Gasteiger partial charge in [-0.05, 0) is 81.1 Å². The van der Waals surface area contributed by atoms with Gasteiger partial charge in [0, 0.05) is 32.2 Å². The van der Waals surface area contributed by atoms with Crippen molar-refractivity contribution in [2.45, 2.75) is 75.3 Å². The summed E-state index contributed by atoms with van der Waals surface area (Å²) < 4.78 is 0. The maximum Gasteiger partial charge on any atom is 0.320 e. The van der Waals surface area contributed by atoms with Gasteiger partial charge in [-0.15, -0.1) is 0 Å². The van der Waals surface area contributed by atoms with Crippen LogP contribution in [0.5, 0.6) is 0 Å². The number of benzene rings is 1. The molecule has 1 aromatic carbocycles. The number of urea groups is 1. The summed E-state index contributed by atoms with van der Waals surface area (Å²) in [6.07, 6.45) is 7.59. The Labute approximate surface area is 213 Å². The lowest BCUT2D eigenvalue weighted by Crippen LogP contribution is -2.61. The van der Waals surface area contributed by atoms with Crippen molar-refractivity contribution in [2.24, 2.45) is 23.2 Å². The second kappa shape index (κ2) is 9.06. The number of likely N-dealkylation sites (tertiary alicyclic amines) is 2. The fourth-order valence-electron chi connectivity index (χ4n) is 8.38. The van der Waals surface area contributed by atoms with E-state index in [1.807, 2.05) is 40.1 Å². The highest BCUT2D eigenvalue weighted by Gasteiger charge is 2.58. The average Bonchev–Trinajstić information content (AvgIpc) is 2.91. The standard InChI is InChI=1S/C29H38N4O3/c30-19-28(23-5-2-1-3-6-23)8-11-32(12-9-28)27(36)33-10-4-7-24(18-33)31-26(35)29-15-20-13-21(16-29)25(34)22(14-20)17-29/h1-3,5-6,20-22,24-25,34H,4,7-18H2,(H,31,35). The fraction of sp³-hybridized carbons (Fsp3) is 0.690. The van der Waals surface area contributed by atoms with Gasteiger partial charge in [-0.3, -0.25) is 4.79 Å². The zero-order chi connectivity index (χ0) is 24.9. The molecule has 3 atom stereocenters. The van der Waals surface area contributed by atoms with Crippen LogP contribution >= 0.6 is 0 Å². The molecular formula is C29H38N4O3. The third-order valence-corrected chi connectivity index (χ3v) is 10.2. The van der Waals surface area contributed by atoms with Crippen LogP contribution in [0.4, 0.5) is 4.79 Å². The second-order valence-corrected chi connectivity index (χ2v) is 12.3. The molecule has 7 nitrogen and oxygen atoms in total. The van der Waals surface area contributed by atoms with Gasteiger partial charge in [0.15, 0.2) is 0 Å². The number of hydrogen-bond donors (Lipinski definition) is 2. The normalized spacial score (nSPS) is 36.8. The molecule has 0 aromatic heterocycles. The van der Waals surface area contributed by atoms with Crippen LogP contribution in [0.25, 0.3) is 0 Å². The number of aliphatic hydroxyl groups is 1. The van der Waals surface area contributed by atoms with Crippen LogP contribution in [0.2, 0.25) is 0 Å². The summed E-state index contributed by atoms with van der Waals surface area (Å²) in [7, 11) is 0. The highest BCUT2D eigenvalue weighted by Crippen LogP contribution is 2.60. The fourth-order valence-corrected chi connectivity index (χ4v) is 8.38. The molecule has 3 unspecified atom stereocenters. The molecule has 7 rings (SSSR count). The van der Waals surface area contributed by atoms with Crippen LogP contribution in [-0.2, 0) is 10.2 Å². The van der Waals surface area contributed by atoms with Crippen molar-refractivity contribution in [1.82, 2.24) is 15.1 Å². The van der Waals surface area contributed by atoms with Crippen molar-refractivity contribution in [1.29, 1.82) is 5.26 Å². The van der Waals surface area contributed by atoms with Crippen molar-refractivity contribution >= 4 is 11.9 Å². The summed E-state index contributed by atoms with van der Waals surface area (Å²) >= 11 is 0. The molecule has 7 heteroatoms. The highest BCUT2D eigenvalue weighted by molar-refractivity contribution is 5.83. The quantitative estimate of drug-likeness (QED) is 0.678. The van der Waals surface area contributed by atoms with Gasteiger partial charge in [0.1, 0.15) is 0 Å². The largest absolute Gasteiger partial charge is 0.393 e. The van der Waals surface area contributed by atoms with E-state index in [0.29, 0.717) is 44.9 Å². The zero-order valence-corrected chi connectivity index (χ0v) is 21.1. The third kappa shape index (κ3) is 3.98. The molecule has 192 valence electrons. The van der Waals surface area contributed by atoms with E-state index in [2.05, 4.69) is 11.4 Å². The first-order valence-electron chi connectivity index (χ1n) is 13.9. The average molecular weight is 491 g/mol. The Morgan fingerprint density at radius 1 is 1.00 bits per heavy atom. The van der Waals surface area contributed by atoms with Gasteiger partial charge < -0.3 is 20.2 Å². The van der Waals surface area contributed by atoms with Crippen LogP contribution in [0.15, 0.2) is 30.3 Å². The molecule has 2 saturated heterocycles. The van der Waals surface area contributed by atoms with Crippen LogP contribution in [0, 0.1) is 34.5 Å². The van der Waals surface area contributed by atoms with Crippen molar-refractivity contribution in [3.8, 4) is 6.07 Å². The topological polar surface area (TPSA) is 96.7 Å². The number of nitrogens with one attached hydrogen (secondary N) is 1. The third-order valence-electron chi connectivity index (χ3n) is 10.2. The number of aliphatic hydroxyl groups excluding tert-OH is 1. The van der Waals surface area contributed by atoms with Crippen LogP contribution < -0.4 is 5.32 Å². The first kappa shape index (κ1) is 23.8. The molecule has 3 amide bonds. The van der Waals surface area contributed by atoms with E-state index < -0.39 is 5.41 Å². The Hall–Kier alpha value is -2.59. The lowest BCUT2D eigenvalue weighted by Gasteiger charge is -2.58. The first-order valence-corrected chi connectivity index (χ1v) is 13.9. The molecule has 36 heavy (non-hydrogen) atoms. The minimum Gasteiger partial charge on any atom is -0.393 e. The minimum absolute atomic E-state index is 0.0135. The van der Waals surface area contributed by atoms with Gasteiger partial charge in [-0.25, -0.2) is 4.79 Å². The Morgan fingerprint density at radius 2 is 1.69 bits per heavy atom. The number of nitrogens with zero attached hydrogens (tertiary/aromatic N) is 3. The zero-order valence-electron chi connectivity index (χ0n) is 21.1. The summed E-state index contributed by atoms with van der Waals surface area (Å²) in [4.78, 5) is 30.8. The molecule has 2 N–H and O–H groups in total. The van der Waals surface area contributed by atoms with E-state index in [4.69, 9.17) is 0 Å². The summed E-state index contributed by atoms with van der Waals surface area (Å²) in [5, 5.41) is 23.9. The predicted molar refractivity (Wildman–Crippen MR) is 135 cm³/mol. The molecule has 6 fully saturated rings. The van der Waals surface area contributed by atoms with Gasteiger partial charge in [0.2, 0.25) is 5.91 Å². The summed E-state index contributed by atoms with van der Waals surface area (Å²) in [6, 6.07) is 12.5. The van der Waals surface area contributed by atoms with E-state index in [1.165, 1.54) is 0 Å². The second-order valence-electron chi connectivity index (χ2n) is 12.3. The SMILES string of the molecule is N#CC1(c2ccccc2)CCN(C(=O)N2CCCC(NC(=O)C34CC5CC(C3)C(O)C(C5)C4)C2)CC1. The Morgan fingerprint density at radius 3 is 2.36 bits per heavy atom. The summed E-state index contributed by atoms with van der Waals surface area (Å²) in [5.41, 5.74) is 0.201. The number of amides is 3. The molecule has 1 aromatic rings. The van der Waals surface area contributed by atoms with Crippen molar-refractivity contribution in [2.75, 3.05) is 26.2 Å². The molecular weight excluding hydrogens is 452 g/mol.